The summed E-state index contributed by atoms with van der Waals surface area (Å²) in [5.41, 5.74) is 7.53. The van der Waals surface area contributed by atoms with Crippen LogP contribution in [-0.2, 0) is 11.3 Å². The maximum absolute atomic E-state index is 10.8. The average molecular weight is 251 g/mol. The topological polar surface area (TPSA) is 87.0 Å². The number of nitrogens with two attached hydrogens (primary N) is 1. The van der Waals surface area contributed by atoms with Gasteiger partial charge >= 0.3 is 0 Å². The standard InChI is InChI=1S/C12H21N5O/c1-9-10(7-15-16-9)6-14-11-2-4-17(5-3-11)8-12(13)18/h7,11,14H,2-6,8H2,1H3,(H2,13,18)(H,15,16). The lowest BCUT2D eigenvalue weighted by Crippen LogP contribution is -2.45. The van der Waals surface area contributed by atoms with Gasteiger partial charge in [0, 0.05) is 36.9 Å². The van der Waals surface area contributed by atoms with Gasteiger partial charge in [-0.1, -0.05) is 0 Å². The molecule has 1 aromatic rings. The number of amides is 1. The molecule has 0 saturated carbocycles. The van der Waals surface area contributed by atoms with Crippen LogP contribution in [0.1, 0.15) is 24.1 Å². The molecular weight excluding hydrogens is 230 g/mol. The Balaban J connectivity index is 1.71. The number of H-pyrrole nitrogens is 1. The first-order chi connectivity index (χ1) is 8.65. The number of nitrogens with one attached hydrogen (secondary N) is 2. The van der Waals surface area contributed by atoms with Crippen molar-refractivity contribution in [2.24, 2.45) is 5.73 Å². The SMILES string of the molecule is Cc1[nH]ncc1CNC1CCN(CC(N)=O)CC1. The summed E-state index contributed by atoms with van der Waals surface area (Å²) >= 11 is 0. The number of primary amides is 1. The third-order valence-corrected chi connectivity index (χ3v) is 3.48. The molecule has 100 valence electrons. The Morgan fingerprint density at radius 3 is 2.89 bits per heavy atom. The van der Waals surface area contributed by atoms with Crippen LogP contribution in [0.5, 0.6) is 0 Å². The molecule has 2 rings (SSSR count). The normalized spacial score (nSPS) is 18.1. The zero-order chi connectivity index (χ0) is 13.0. The Kier molecular flexibility index (Phi) is 4.33. The first kappa shape index (κ1) is 13.0. The van der Waals surface area contributed by atoms with Crippen LogP contribution in [0.15, 0.2) is 6.20 Å². The van der Waals surface area contributed by atoms with Crippen molar-refractivity contribution in [2.75, 3.05) is 19.6 Å². The molecule has 0 bridgehead atoms. The number of nitrogens with zero attached hydrogens (tertiary/aromatic N) is 2. The number of hydrogen-bond donors (Lipinski definition) is 3. The summed E-state index contributed by atoms with van der Waals surface area (Å²) in [7, 11) is 0. The maximum atomic E-state index is 10.8. The molecule has 0 aliphatic carbocycles. The van der Waals surface area contributed by atoms with E-state index in [1.807, 2.05) is 13.1 Å². The highest BCUT2D eigenvalue weighted by Gasteiger charge is 2.19. The molecule has 2 heterocycles. The van der Waals surface area contributed by atoms with Gasteiger partial charge in [0.25, 0.3) is 0 Å². The van der Waals surface area contributed by atoms with Crippen LogP contribution in [0.3, 0.4) is 0 Å². The molecule has 0 spiro atoms. The summed E-state index contributed by atoms with van der Waals surface area (Å²) in [6, 6.07) is 0.517. The maximum Gasteiger partial charge on any atom is 0.231 e. The number of aromatic amines is 1. The number of carbonyl (C=O) groups is 1. The van der Waals surface area contributed by atoms with Crippen molar-refractivity contribution in [3.05, 3.63) is 17.5 Å². The van der Waals surface area contributed by atoms with E-state index in [9.17, 15) is 4.79 Å². The molecule has 1 amide bonds. The molecule has 4 N–H and O–H groups in total. The molecule has 1 aromatic heterocycles. The van der Waals surface area contributed by atoms with Gasteiger partial charge in [-0.05, 0) is 19.8 Å². The van der Waals surface area contributed by atoms with Crippen LogP contribution in [0.2, 0.25) is 0 Å². The molecule has 6 heteroatoms. The highest BCUT2D eigenvalue weighted by Crippen LogP contribution is 2.11. The summed E-state index contributed by atoms with van der Waals surface area (Å²) in [5, 5.41) is 10.5. The van der Waals surface area contributed by atoms with Gasteiger partial charge in [0.1, 0.15) is 0 Å². The lowest BCUT2D eigenvalue weighted by Gasteiger charge is -2.31. The van der Waals surface area contributed by atoms with Crippen molar-refractivity contribution in [2.45, 2.75) is 32.4 Å². The monoisotopic (exact) mass is 251 g/mol. The van der Waals surface area contributed by atoms with Crippen LogP contribution >= 0.6 is 0 Å². The minimum absolute atomic E-state index is 0.240. The summed E-state index contributed by atoms with van der Waals surface area (Å²) in [6.45, 7) is 5.13. The van der Waals surface area contributed by atoms with E-state index in [4.69, 9.17) is 5.73 Å². The molecular formula is C12H21N5O. The van der Waals surface area contributed by atoms with Gasteiger partial charge in [0.2, 0.25) is 5.91 Å². The second kappa shape index (κ2) is 5.97. The van der Waals surface area contributed by atoms with Crippen molar-refractivity contribution >= 4 is 5.91 Å². The van der Waals surface area contributed by atoms with Crippen LogP contribution in [-0.4, -0.2) is 46.7 Å². The Morgan fingerprint density at radius 1 is 1.61 bits per heavy atom. The third kappa shape index (κ3) is 3.54. The zero-order valence-electron chi connectivity index (χ0n) is 10.8. The number of piperidine rings is 1. The van der Waals surface area contributed by atoms with E-state index in [0.717, 1.165) is 38.2 Å². The summed E-state index contributed by atoms with van der Waals surface area (Å²) in [4.78, 5) is 12.9. The molecule has 0 unspecified atom stereocenters. The largest absolute Gasteiger partial charge is 0.369 e. The van der Waals surface area contributed by atoms with Crippen molar-refractivity contribution in [3.8, 4) is 0 Å². The average Bonchev–Trinajstić information content (AvgIpc) is 2.73. The quantitative estimate of drug-likeness (QED) is 0.674. The number of likely N-dealkylation sites (tertiary alicyclic amines) is 1. The third-order valence-electron chi connectivity index (χ3n) is 3.48. The molecule has 0 atom stereocenters. The molecule has 1 saturated heterocycles. The van der Waals surface area contributed by atoms with E-state index in [1.165, 1.54) is 5.56 Å². The van der Waals surface area contributed by atoms with Gasteiger partial charge in [0.05, 0.1) is 12.7 Å². The molecule has 0 aromatic carbocycles. The smallest absolute Gasteiger partial charge is 0.231 e. The first-order valence-electron chi connectivity index (χ1n) is 6.38. The summed E-state index contributed by atoms with van der Waals surface area (Å²) in [5.74, 6) is -0.240. The minimum Gasteiger partial charge on any atom is -0.369 e. The van der Waals surface area contributed by atoms with Crippen molar-refractivity contribution in [1.29, 1.82) is 0 Å². The Bertz CT molecular complexity index is 395. The highest BCUT2D eigenvalue weighted by molar-refractivity contribution is 5.75. The molecule has 18 heavy (non-hydrogen) atoms. The van der Waals surface area contributed by atoms with Gasteiger partial charge in [0.15, 0.2) is 0 Å². The molecule has 0 radical (unpaired) electrons. The molecule has 1 aliphatic rings. The number of aromatic nitrogens is 2. The van der Waals surface area contributed by atoms with Crippen LogP contribution < -0.4 is 11.1 Å². The highest BCUT2D eigenvalue weighted by atomic mass is 16.1. The van der Waals surface area contributed by atoms with E-state index in [0.29, 0.717) is 12.6 Å². The fraction of sp³-hybridized carbons (Fsp3) is 0.667. The van der Waals surface area contributed by atoms with Gasteiger partial charge in [-0.2, -0.15) is 5.10 Å². The van der Waals surface area contributed by atoms with Crippen molar-refractivity contribution in [1.82, 2.24) is 20.4 Å². The minimum atomic E-state index is -0.240. The fourth-order valence-corrected chi connectivity index (χ4v) is 2.32. The van der Waals surface area contributed by atoms with Gasteiger partial charge in [-0.3, -0.25) is 14.8 Å². The number of rotatable bonds is 5. The summed E-state index contributed by atoms with van der Waals surface area (Å²) < 4.78 is 0. The van der Waals surface area contributed by atoms with Gasteiger partial charge in [-0.15, -0.1) is 0 Å². The lowest BCUT2D eigenvalue weighted by molar-refractivity contribution is -0.119. The number of hydrogen-bond acceptors (Lipinski definition) is 4. The number of carbonyl (C=O) groups excluding carboxylic acids is 1. The molecule has 1 aliphatic heterocycles. The predicted octanol–water partition coefficient (Wildman–Crippen LogP) is -0.243. The van der Waals surface area contributed by atoms with Crippen molar-refractivity contribution in [3.63, 3.8) is 0 Å². The Labute approximate surface area is 107 Å². The van der Waals surface area contributed by atoms with Crippen molar-refractivity contribution < 1.29 is 4.79 Å². The lowest BCUT2D eigenvalue weighted by atomic mass is 10.0. The van der Waals surface area contributed by atoms with E-state index < -0.39 is 0 Å². The zero-order valence-corrected chi connectivity index (χ0v) is 10.8. The number of aryl methyl sites for hydroxylation is 1. The fourth-order valence-electron chi connectivity index (χ4n) is 2.32. The first-order valence-corrected chi connectivity index (χ1v) is 6.38. The van der Waals surface area contributed by atoms with E-state index in [1.54, 1.807) is 0 Å². The second-order valence-corrected chi connectivity index (χ2v) is 4.92. The van der Waals surface area contributed by atoms with Crippen LogP contribution in [0, 0.1) is 6.92 Å². The molecule has 6 nitrogen and oxygen atoms in total. The van der Waals surface area contributed by atoms with E-state index in [2.05, 4.69) is 20.4 Å². The molecule has 1 fully saturated rings. The van der Waals surface area contributed by atoms with Gasteiger partial charge < -0.3 is 11.1 Å². The predicted molar refractivity (Wildman–Crippen MR) is 68.8 cm³/mol. The Morgan fingerprint density at radius 2 is 2.33 bits per heavy atom. The second-order valence-electron chi connectivity index (χ2n) is 4.92. The van der Waals surface area contributed by atoms with Crippen LogP contribution in [0.25, 0.3) is 0 Å². The Hall–Kier alpha value is -1.40. The van der Waals surface area contributed by atoms with E-state index in [-0.39, 0.29) is 5.91 Å². The van der Waals surface area contributed by atoms with E-state index >= 15 is 0 Å². The van der Waals surface area contributed by atoms with Crippen LogP contribution in [0.4, 0.5) is 0 Å². The summed E-state index contributed by atoms with van der Waals surface area (Å²) in [6.07, 6.45) is 3.99. The van der Waals surface area contributed by atoms with Gasteiger partial charge in [-0.25, -0.2) is 0 Å².